The maximum absolute atomic E-state index is 12.4. The summed E-state index contributed by atoms with van der Waals surface area (Å²) in [5.74, 6) is -1.62. The van der Waals surface area contributed by atoms with Crippen LogP contribution in [0.1, 0.15) is 45.6 Å². The van der Waals surface area contributed by atoms with Crippen LogP contribution >= 0.6 is 0 Å². The van der Waals surface area contributed by atoms with Crippen LogP contribution in [0.5, 0.6) is 0 Å². The average Bonchev–Trinajstić information content (AvgIpc) is 2.53. The summed E-state index contributed by atoms with van der Waals surface area (Å²) in [6.07, 6.45) is 2.20. The largest absolute Gasteiger partial charge is 0.480 e. The van der Waals surface area contributed by atoms with Crippen molar-refractivity contribution in [1.29, 1.82) is 0 Å². The number of aliphatic carboxylic acids is 1. The number of aryl methyl sites for hydroxylation is 1. The molecule has 0 saturated carbocycles. The highest BCUT2D eigenvalue weighted by Crippen LogP contribution is 2.09. The molecular formula is C19H28N2O4. The summed E-state index contributed by atoms with van der Waals surface area (Å²) >= 11 is 0. The predicted molar refractivity (Wildman–Crippen MR) is 96.0 cm³/mol. The Morgan fingerprint density at radius 2 is 1.68 bits per heavy atom. The Morgan fingerprint density at radius 3 is 2.20 bits per heavy atom. The second-order valence-corrected chi connectivity index (χ2v) is 6.66. The van der Waals surface area contributed by atoms with Crippen molar-refractivity contribution in [2.75, 3.05) is 0 Å². The van der Waals surface area contributed by atoms with Crippen molar-refractivity contribution in [1.82, 2.24) is 10.6 Å². The Labute approximate surface area is 149 Å². The quantitative estimate of drug-likeness (QED) is 0.603. The number of amides is 2. The van der Waals surface area contributed by atoms with E-state index in [1.54, 1.807) is 0 Å². The zero-order valence-electron chi connectivity index (χ0n) is 15.1. The number of carboxylic acids is 1. The van der Waals surface area contributed by atoms with Gasteiger partial charge in [0.15, 0.2) is 0 Å². The topological polar surface area (TPSA) is 95.5 Å². The number of carboxylic acid groups (broad SMARTS) is 1. The lowest BCUT2D eigenvalue weighted by molar-refractivity contribution is -0.142. The third-order valence-corrected chi connectivity index (χ3v) is 3.82. The second-order valence-electron chi connectivity index (χ2n) is 6.66. The summed E-state index contributed by atoms with van der Waals surface area (Å²) in [7, 11) is 0. The zero-order chi connectivity index (χ0) is 18.8. The van der Waals surface area contributed by atoms with Crippen LogP contribution < -0.4 is 10.6 Å². The van der Waals surface area contributed by atoms with Gasteiger partial charge in [0.2, 0.25) is 11.8 Å². The van der Waals surface area contributed by atoms with E-state index in [9.17, 15) is 19.5 Å². The monoisotopic (exact) mass is 348 g/mol. The predicted octanol–water partition coefficient (Wildman–Crippen LogP) is 2.13. The van der Waals surface area contributed by atoms with Gasteiger partial charge < -0.3 is 15.7 Å². The van der Waals surface area contributed by atoms with Crippen molar-refractivity contribution in [3.05, 3.63) is 35.9 Å². The van der Waals surface area contributed by atoms with E-state index < -0.39 is 24.0 Å². The number of carbonyl (C=O) groups is 3. The molecule has 2 amide bonds. The van der Waals surface area contributed by atoms with Gasteiger partial charge in [-0.1, -0.05) is 44.2 Å². The van der Waals surface area contributed by atoms with Crippen molar-refractivity contribution in [2.24, 2.45) is 5.92 Å². The molecule has 1 rings (SSSR count). The highest BCUT2D eigenvalue weighted by atomic mass is 16.4. The fourth-order valence-corrected chi connectivity index (χ4v) is 2.63. The highest BCUT2D eigenvalue weighted by Gasteiger charge is 2.26. The van der Waals surface area contributed by atoms with Gasteiger partial charge in [-0.2, -0.15) is 0 Å². The Balaban J connectivity index is 2.60. The van der Waals surface area contributed by atoms with Gasteiger partial charge in [0.1, 0.15) is 12.1 Å². The van der Waals surface area contributed by atoms with E-state index in [0.29, 0.717) is 19.3 Å². The Bertz CT molecular complexity index is 572. The van der Waals surface area contributed by atoms with Gasteiger partial charge in [-0.3, -0.25) is 9.59 Å². The van der Waals surface area contributed by atoms with E-state index in [1.807, 2.05) is 44.2 Å². The Kier molecular flexibility index (Phi) is 8.67. The molecule has 2 atom stereocenters. The molecule has 0 aliphatic rings. The molecule has 1 aromatic rings. The maximum atomic E-state index is 12.4. The smallest absolute Gasteiger partial charge is 0.326 e. The fourth-order valence-electron chi connectivity index (χ4n) is 2.63. The molecule has 3 N–H and O–H groups in total. The summed E-state index contributed by atoms with van der Waals surface area (Å²) in [4.78, 5) is 35.1. The first-order valence-corrected chi connectivity index (χ1v) is 8.63. The van der Waals surface area contributed by atoms with Crippen LogP contribution in [-0.4, -0.2) is 35.0 Å². The van der Waals surface area contributed by atoms with Gasteiger partial charge in [-0.25, -0.2) is 4.79 Å². The van der Waals surface area contributed by atoms with Crippen LogP contribution in [0.15, 0.2) is 30.3 Å². The minimum Gasteiger partial charge on any atom is -0.480 e. The van der Waals surface area contributed by atoms with E-state index in [0.717, 1.165) is 12.0 Å². The minimum atomic E-state index is -1.06. The number of benzene rings is 1. The minimum absolute atomic E-state index is 0.198. The van der Waals surface area contributed by atoms with E-state index in [4.69, 9.17) is 0 Å². The van der Waals surface area contributed by atoms with Crippen molar-refractivity contribution in [2.45, 2.75) is 58.5 Å². The molecule has 0 aromatic heterocycles. The van der Waals surface area contributed by atoms with Gasteiger partial charge in [0, 0.05) is 6.92 Å². The van der Waals surface area contributed by atoms with Crippen molar-refractivity contribution in [3.63, 3.8) is 0 Å². The molecule has 0 radical (unpaired) electrons. The molecule has 0 spiro atoms. The van der Waals surface area contributed by atoms with E-state index in [1.165, 1.54) is 6.92 Å². The lowest BCUT2D eigenvalue weighted by Gasteiger charge is -2.22. The van der Waals surface area contributed by atoms with Crippen molar-refractivity contribution < 1.29 is 19.5 Å². The number of carbonyl (C=O) groups excluding carboxylic acids is 2. The van der Waals surface area contributed by atoms with Gasteiger partial charge in [-0.15, -0.1) is 0 Å². The number of hydrogen-bond donors (Lipinski definition) is 3. The molecule has 138 valence electrons. The molecule has 0 heterocycles. The van der Waals surface area contributed by atoms with Gasteiger partial charge in [0.25, 0.3) is 0 Å². The molecule has 0 unspecified atom stereocenters. The molecule has 1 aromatic carbocycles. The lowest BCUT2D eigenvalue weighted by Crippen LogP contribution is -2.51. The van der Waals surface area contributed by atoms with E-state index in [-0.39, 0.29) is 11.8 Å². The second kappa shape index (κ2) is 10.5. The molecule has 25 heavy (non-hydrogen) atoms. The molecule has 6 nitrogen and oxygen atoms in total. The first-order chi connectivity index (χ1) is 11.8. The summed E-state index contributed by atoms with van der Waals surface area (Å²) in [5.41, 5.74) is 1.13. The highest BCUT2D eigenvalue weighted by molar-refractivity contribution is 5.89. The van der Waals surface area contributed by atoms with Crippen molar-refractivity contribution >= 4 is 17.8 Å². The van der Waals surface area contributed by atoms with Crippen LogP contribution in [0.2, 0.25) is 0 Å². The molecule has 0 aliphatic carbocycles. The molecule has 6 heteroatoms. The van der Waals surface area contributed by atoms with Crippen LogP contribution in [0.3, 0.4) is 0 Å². The molecular weight excluding hydrogens is 320 g/mol. The Hall–Kier alpha value is -2.37. The van der Waals surface area contributed by atoms with Crippen molar-refractivity contribution in [3.8, 4) is 0 Å². The number of hydrogen-bond acceptors (Lipinski definition) is 3. The summed E-state index contributed by atoms with van der Waals surface area (Å²) < 4.78 is 0. The molecule has 0 fully saturated rings. The first-order valence-electron chi connectivity index (χ1n) is 8.63. The van der Waals surface area contributed by atoms with E-state index >= 15 is 0 Å². The standard InChI is InChI=1S/C19H28N2O4/c1-13(2)12-17(20-14(3)22)18(23)21-16(19(24)25)11-7-10-15-8-5-4-6-9-15/h4-6,8-9,13,16-17H,7,10-12H2,1-3H3,(H,20,22)(H,21,23)(H,24,25)/t16-,17-/m0/s1. The SMILES string of the molecule is CC(=O)N[C@@H](CC(C)C)C(=O)N[C@@H](CCCc1ccccc1)C(=O)O. The molecule has 0 bridgehead atoms. The summed E-state index contributed by atoms with van der Waals surface area (Å²) in [6, 6.07) is 8.12. The van der Waals surface area contributed by atoms with Gasteiger partial charge >= 0.3 is 5.97 Å². The van der Waals surface area contributed by atoms with Crippen LogP contribution in [0.4, 0.5) is 0 Å². The van der Waals surface area contributed by atoms with Crippen LogP contribution in [0.25, 0.3) is 0 Å². The zero-order valence-corrected chi connectivity index (χ0v) is 15.1. The van der Waals surface area contributed by atoms with E-state index in [2.05, 4.69) is 10.6 Å². The maximum Gasteiger partial charge on any atom is 0.326 e. The fraction of sp³-hybridized carbons (Fsp3) is 0.526. The molecule has 0 aliphatic heterocycles. The van der Waals surface area contributed by atoms with Gasteiger partial charge in [0.05, 0.1) is 0 Å². The third-order valence-electron chi connectivity index (χ3n) is 3.82. The van der Waals surface area contributed by atoms with Gasteiger partial charge in [-0.05, 0) is 37.2 Å². The molecule has 0 saturated heterocycles. The first kappa shape index (κ1) is 20.7. The third kappa shape index (κ3) is 8.33. The van der Waals surface area contributed by atoms with Crippen LogP contribution in [0, 0.1) is 5.92 Å². The van der Waals surface area contributed by atoms with Crippen LogP contribution in [-0.2, 0) is 20.8 Å². The lowest BCUT2D eigenvalue weighted by atomic mass is 10.0. The number of rotatable bonds is 10. The number of nitrogens with one attached hydrogen (secondary N) is 2. The average molecular weight is 348 g/mol. The normalized spacial score (nSPS) is 13.1. The summed E-state index contributed by atoms with van der Waals surface area (Å²) in [5, 5.41) is 14.5. The Morgan fingerprint density at radius 1 is 1.04 bits per heavy atom. The summed E-state index contributed by atoms with van der Waals surface area (Å²) in [6.45, 7) is 5.22.